The van der Waals surface area contributed by atoms with E-state index in [-0.39, 0.29) is 32.0 Å². The highest BCUT2D eigenvalue weighted by Crippen LogP contribution is 2.62. The molecule has 1 N–H and O–H groups in total. The zero-order valence-electron chi connectivity index (χ0n) is 22.6. The third-order valence-corrected chi connectivity index (χ3v) is 8.50. The van der Waals surface area contributed by atoms with E-state index in [1.54, 1.807) is 86.6 Å². The number of nitrogens with zero attached hydrogens (tertiary/aromatic N) is 1. The van der Waals surface area contributed by atoms with Gasteiger partial charge in [-0.25, -0.2) is 15.0 Å². The van der Waals surface area contributed by atoms with Gasteiger partial charge in [0, 0.05) is 5.56 Å². The Morgan fingerprint density at radius 3 is 1.68 bits per heavy atom. The van der Waals surface area contributed by atoms with Gasteiger partial charge in [-0.2, -0.15) is 5.01 Å². The van der Waals surface area contributed by atoms with Crippen LogP contribution in [0.3, 0.4) is 0 Å². The predicted octanol–water partition coefficient (Wildman–Crippen LogP) is 6.33. The predicted molar refractivity (Wildman–Crippen MR) is 148 cm³/mol. The second-order valence-electron chi connectivity index (χ2n) is 8.60. The lowest BCUT2D eigenvalue weighted by molar-refractivity contribution is 0.0267. The standard InChI is InChI=1S/C29H33N2O8P/c1-4-38-40(35,39-5-2)29(3,26(32)25-19-13-8-14-20-25)31(28(34)37-22-24-17-11-7-12-18-24)30-27(33)36-21-23-15-9-6-10-16-23/h6-20H,4-5,21-22H2,1-3H3,(H,30,33)/t29-/m0/s1. The fourth-order valence-electron chi connectivity index (χ4n) is 3.80. The summed E-state index contributed by atoms with van der Waals surface area (Å²) in [6.45, 7) is 3.80. The fourth-order valence-corrected chi connectivity index (χ4v) is 5.81. The highest BCUT2D eigenvalue weighted by molar-refractivity contribution is 7.56. The van der Waals surface area contributed by atoms with Crippen molar-refractivity contribution < 1.29 is 37.5 Å². The number of hydrogen-bond acceptors (Lipinski definition) is 8. The Labute approximate surface area is 233 Å². The summed E-state index contributed by atoms with van der Waals surface area (Å²) >= 11 is 0. The minimum absolute atomic E-state index is 0.102. The molecule has 1 atom stereocenters. The molecule has 0 saturated heterocycles. The van der Waals surface area contributed by atoms with E-state index in [2.05, 4.69) is 5.43 Å². The van der Waals surface area contributed by atoms with Crippen molar-refractivity contribution in [3.05, 3.63) is 108 Å². The maximum atomic E-state index is 14.3. The molecule has 11 heteroatoms. The van der Waals surface area contributed by atoms with Crippen molar-refractivity contribution in [3.8, 4) is 0 Å². The fraction of sp³-hybridized carbons (Fsp3) is 0.276. The van der Waals surface area contributed by atoms with Crippen LogP contribution < -0.4 is 5.43 Å². The number of carbonyl (C=O) groups excluding carboxylic acids is 3. The van der Waals surface area contributed by atoms with Crippen LogP contribution in [0.4, 0.5) is 9.59 Å². The smallest absolute Gasteiger partial charge is 0.430 e. The summed E-state index contributed by atoms with van der Waals surface area (Å²) in [5.74, 6) is -0.807. The van der Waals surface area contributed by atoms with Crippen LogP contribution in [0.2, 0.25) is 0 Å². The Kier molecular flexibility index (Phi) is 11.0. The summed E-state index contributed by atoms with van der Waals surface area (Å²) in [6.07, 6.45) is -2.26. The summed E-state index contributed by atoms with van der Waals surface area (Å²) in [5.41, 5.74) is 3.72. The van der Waals surface area contributed by atoms with Crippen molar-refractivity contribution in [1.82, 2.24) is 10.4 Å². The number of amides is 2. The van der Waals surface area contributed by atoms with E-state index in [9.17, 15) is 18.9 Å². The average molecular weight is 569 g/mol. The lowest BCUT2D eigenvalue weighted by atomic mass is 10.0. The second-order valence-corrected chi connectivity index (χ2v) is 11.0. The molecular formula is C29H33N2O8P. The van der Waals surface area contributed by atoms with Crippen molar-refractivity contribution in [3.63, 3.8) is 0 Å². The Balaban J connectivity index is 2.04. The molecule has 212 valence electrons. The van der Waals surface area contributed by atoms with Crippen LogP contribution in [0, 0.1) is 0 Å². The molecule has 0 heterocycles. The molecule has 0 bridgehead atoms. The van der Waals surface area contributed by atoms with Gasteiger partial charge < -0.3 is 18.5 Å². The maximum Gasteiger partial charge on any atom is 0.430 e. The van der Waals surface area contributed by atoms with E-state index >= 15 is 0 Å². The quantitative estimate of drug-likeness (QED) is 0.153. The van der Waals surface area contributed by atoms with Crippen LogP contribution in [-0.2, 0) is 36.3 Å². The number of rotatable bonds is 12. The summed E-state index contributed by atoms with van der Waals surface area (Å²) in [6, 6.07) is 25.6. The molecule has 40 heavy (non-hydrogen) atoms. The number of ketones is 1. The minimum atomic E-state index is -4.50. The number of Topliss-reactive ketones (excluding diaryl/α,β-unsaturated/α-hetero) is 1. The van der Waals surface area contributed by atoms with Crippen LogP contribution in [0.15, 0.2) is 91.0 Å². The molecule has 3 aromatic carbocycles. The van der Waals surface area contributed by atoms with Gasteiger partial charge in [0.25, 0.3) is 0 Å². The highest BCUT2D eigenvalue weighted by atomic mass is 31.2. The van der Waals surface area contributed by atoms with Gasteiger partial charge in [-0.3, -0.25) is 9.36 Å². The summed E-state index contributed by atoms with van der Waals surface area (Å²) in [7, 11) is -4.50. The van der Waals surface area contributed by atoms with E-state index in [1.807, 2.05) is 6.07 Å². The van der Waals surface area contributed by atoms with Gasteiger partial charge in [-0.15, -0.1) is 0 Å². The van der Waals surface area contributed by atoms with Crippen molar-refractivity contribution in [2.45, 2.75) is 39.3 Å². The maximum absolute atomic E-state index is 14.3. The van der Waals surface area contributed by atoms with Gasteiger partial charge in [0.1, 0.15) is 13.2 Å². The lowest BCUT2D eigenvalue weighted by Crippen LogP contribution is -2.62. The number of nitrogens with one attached hydrogen (secondary N) is 1. The van der Waals surface area contributed by atoms with Gasteiger partial charge in [-0.1, -0.05) is 91.0 Å². The molecule has 3 rings (SSSR count). The average Bonchev–Trinajstić information content (AvgIpc) is 2.98. The van der Waals surface area contributed by atoms with Gasteiger partial charge in [0.05, 0.1) is 13.2 Å². The Hall–Kier alpha value is -3.98. The number of benzene rings is 3. The molecule has 0 unspecified atom stereocenters. The Morgan fingerprint density at radius 2 is 1.20 bits per heavy atom. The molecule has 0 fully saturated rings. The molecule has 2 amide bonds. The molecule has 0 aliphatic carbocycles. The normalized spacial score (nSPS) is 12.6. The first-order valence-corrected chi connectivity index (χ1v) is 14.3. The molecule has 0 aliphatic heterocycles. The molecule has 0 aromatic heterocycles. The monoisotopic (exact) mass is 568 g/mol. The number of carbonyl (C=O) groups is 3. The molecular weight excluding hydrogens is 535 g/mol. The number of ether oxygens (including phenoxy) is 2. The largest absolute Gasteiger partial charge is 0.443 e. The van der Waals surface area contributed by atoms with Gasteiger partial charge in [0.15, 0.2) is 0 Å². The van der Waals surface area contributed by atoms with Gasteiger partial charge >= 0.3 is 19.8 Å². The molecule has 0 aliphatic rings. The minimum Gasteiger partial charge on any atom is -0.443 e. The van der Waals surface area contributed by atoms with Crippen LogP contribution in [0.1, 0.15) is 42.3 Å². The zero-order valence-corrected chi connectivity index (χ0v) is 23.5. The van der Waals surface area contributed by atoms with E-state index in [0.717, 1.165) is 0 Å². The second kappa shape index (κ2) is 14.4. The molecule has 0 radical (unpaired) electrons. The van der Waals surface area contributed by atoms with E-state index < -0.39 is 30.8 Å². The summed E-state index contributed by atoms with van der Waals surface area (Å²) in [4.78, 5) is 40.7. The van der Waals surface area contributed by atoms with Crippen molar-refractivity contribution in [2.75, 3.05) is 13.2 Å². The van der Waals surface area contributed by atoms with Crippen LogP contribution in [0.5, 0.6) is 0 Å². The Bertz CT molecular complexity index is 1300. The van der Waals surface area contributed by atoms with Crippen molar-refractivity contribution in [1.29, 1.82) is 0 Å². The first kappa shape index (κ1) is 30.6. The first-order chi connectivity index (χ1) is 19.2. The Morgan fingerprint density at radius 1 is 0.750 bits per heavy atom. The van der Waals surface area contributed by atoms with E-state index in [1.165, 1.54) is 19.1 Å². The third kappa shape index (κ3) is 7.35. The van der Waals surface area contributed by atoms with Gasteiger partial charge in [0.2, 0.25) is 11.1 Å². The van der Waals surface area contributed by atoms with Crippen LogP contribution in [0.25, 0.3) is 0 Å². The summed E-state index contributed by atoms with van der Waals surface area (Å²) in [5, 5.41) is -1.84. The SMILES string of the molecule is CCOP(=O)(OCC)[C@@](C)(C(=O)c1ccccc1)N(NC(=O)OCc1ccccc1)C(=O)OCc1ccccc1. The molecule has 0 spiro atoms. The van der Waals surface area contributed by atoms with Crippen molar-refractivity contribution >= 4 is 25.6 Å². The molecule has 0 saturated carbocycles. The number of hydrazine groups is 1. The number of hydrogen-bond donors (Lipinski definition) is 1. The lowest BCUT2D eigenvalue weighted by Gasteiger charge is -2.41. The topological polar surface area (TPSA) is 120 Å². The van der Waals surface area contributed by atoms with E-state index in [0.29, 0.717) is 16.1 Å². The highest BCUT2D eigenvalue weighted by Gasteiger charge is 2.60. The summed E-state index contributed by atoms with van der Waals surface area (Å²) < 4.78 is 36.2. The molecule has 10 nitrogen and oxygen atoms in total. The first-order valence-electron chi connectivity index (χ1n) is 12.7. The van der Waals surface area contributed by atoms with Gasteiger partial charge in [-0.05, 0) is 31.9 Å². The van der Waals surface area contributed by atoms with Crippen LogP contribution in [-0.4, -0.2) is 41.5 Å². The molecule has 3 aromatic rings. The van der Waals surface area contributed by atoms with Crippen LogP contribution >= 0.6 is 7.60 Å². The third-order valence-electron chi connectivity index (χ3n) is 5.84. The zero-order chi connectivity index (χ0) is 29.0. The van der Waals surface area contributed by atoms with Crippen molar-refractivity contribution in [2.24, 2.45) is 0 Å². The van der Waals surface area contributed by atoms with E-state index in [4.69, 9.17) is 18.5 Å².